The first kappa shape index (κ1) is 17.3. The van der Waals surface area contributed by atoms with E-state index in [1.54, 1.807) is 13.8 Å². The molecule has 0 heterocycles. The molecule has 126 valence electrons. The lowest BCUT2D eigenvalue weighted by molar-refractivity contribution is -0.165. The fraction of sp³-hybridized carbons (Fsp3) is 0.889. The Labute approximate surface area is 133 Å². The van der Waals surface area contributed by atoms with E-state index in [0.717, 1.165) is 37.5 Å². The van der Waals surface area contributed by atoms with E-state index in [2.05, 4.69) is 0 Å². The highest BCUT2D eigenvalue weighted by Gasteiger charge is 2.40. The predicted molar refractivity (Wildman–Crippen MR) is 84.2 cm³/mol. The van der Waals surface area contributed by atoms with Gasteiger partial charge in [0.25, 0.3) is 0 Å². The van der Waals surface area contributed by atoms with Crippen molar-refractivity contribution in [1.82, 2.24) is 0 Å². The van der Waals surface area contributed by atoms with Crippen LogP contribution >= 0.6 is 0 Å². The number of ether oxygens (including phenoxy) is 2. The molecule has 22 heavy (non-hydrogen) atoms. The average Bonchev–Trinajstić information content (AvgIpc) is 3.03. The van der Waals surface area contributed by atoms with Gasteiger partial charge >= 0.3 is 11.9 Å². The average molecular weight is 310 g/mol. The molecule has 2 aliphatic carbocycles. The van der Waals surface area contributed by atoms with Crippen LogP contribution in [0.25, 0.3) is 0 Å². The van der Waals surface area contributed by atoms with Gasteiger partial charge in [0.2, 0.25) is 0 Å². The standard InChI is InChI=1S/C18H30O4/c1-3-21-17(19)16(18(20)22-4-2)15-11-9-14(10-12-15)13-7-5-6-8-13/h13-16H,3-12H2,1-2H3. The first-order valence-corrected chi connectivity index (χ1v) is 9.00. The summed E-state index contributed by atoms with van der Waals surface area (Å²) < 4.78 is 10.2. The molecule has 0 aromatic rings. The SMILES string of the molecule is CCOC(=O)C(C(=O)OCC)C1CCC(C2CCCC2)CC1. The van der Waals surface area contributed by atoms with Crippen LogP contribution in [0.2, 0.25) is 0 Å². The first-order chi connectivity index (χ1) is 10.7. The molecule has 0 unspecified atom stereocenters. The third-order valence-electron chi connectivity index (χ3n) is 5.44. The molecule has 0 aromatic heterocycles. The Hall–Kier alpha value is -1.06. The molecule has 2 fully saturated rings. The van der Waals surface area contributed by atoms with Crippen LogP contribution in [-0.4, -0.2) is 25.2 Å². The van der Waals surface area contributed by atoms with Gasteiger partial charge in [-0.15, -0.1) is 0 Å². The van der Waals surface area contributed by atoms with Gasteiger partial charge in [0.1, 0.15) is 0 Å². The minimum absolute atomic E-state index is 0.0933. The lowest BCUT2D eigenvalue weighted by atomic mass is 9.71. The molecule has 0 aromatic carbocycles. The summed E-state index contributed by atoms with van der Waals surface area (Å²) in [5.74, 6) is 0.254. The van der Waals surface area contributed by atoms with Crippen LogP contribution in [0.3, 0.4) is 0 Å². The number of carbonyl (C=O) groups is 2. The molecule has 0 saturated heterocycles. The molecule has 4 nitrogen and oxygen atoms in total. The molecule has 0 N–H and O–H groups in total. The molecule has 2 saturated carbocycles. The first-order valence-electron chi connectivity index (χ1n) is 9.00. The van der Waals surface area contributed by atoms with Crippen LogP contribution in [-0.2, 0) is 19.1 Å². The van der Waals surface area contributed by atoms with E-state index in [1.807, 2.05) is 0 Å². The zero-order valence-corrected chi connectivity index (χ0v) is 14.0. The van der Waals surface area contributed by atoms with Gasteiger partial charge in [-0.1, -0.05) is 25.7 Å². The minimum atomic E-state index is -0.718. The molecular weight excluding hydrogens is 280 g/mol. The quantitative estimate of drug-likeness (QED) is 0.554. The lowest BCUT2D eigenvalue weighted by Crippen LogP contribution is -2.37. The van der Waals surface area contributed by atoms with Gasteiger partial charge in [-0.2, -0.15) is 0 Å². The summed E-state index contributed by atoms with van der Waals surface area (Å²) in [6, 6.07) is 0. The van der Waals surface area contributed by atoms with E-state index in [0.29, 0.717) is 13.2 Å². The van der Waals surface area contributed by atoms with Crippen molar-refractivity contribution in [2.24, 2.45) is 23.7 Å². The number of hydrogen-bond donors (Lipinski definition) is 0. The number of rotatable bonds is 6. The molecular formula is C18H30O4. The summed E-state index contributed by atoms with van der Waals surface area (Å²) in [5, 5.41) is 0. The van der Waals surface area contributed by atoms with Crippen molar-refractivity contribution in [3.8, 4) is 0 Å². The monoisotopic (exact) mass is 310 g/mol. The van der Waals surface area contributed by atoms with Crippen molar-refractivity contribution in [3.05, 3.63) is 0 Å². The van der Waals surface area contributed by atoms with Gasteiger partial charge in [0, 0.05) is 0 Å². The third-order valence-corrected chi connectivity index (χ3v) is 5.44. The zero-order chi connectivity index (χ0) is 15.9. The summed E-state index contributed by atoms with van der Waals surface area (Å²) in [5.41, 5.74) is 0. The van der Waals surface area contributed by atoms with Crippen LogP contribution < -0.4 is 0 Å². The summed E-state index contributed by atoms with van der Waals surface area (Å²) in [7, 11) is 0. The molecule has 4 heteroatoms. The number of esters is 2. The smallest absolute Gasteiger partial charge is 0.320 e. The fourth-order valence-electron chi connectivity index (χ4n) is 4.32. The maximum absolute atomic E-state index is 12.2. The molecule has 0 aliphatic heterocycles. The normalized spacial score (nSPS) is 26.1. The van der Waals surface area contributed by atoms with Crippen molar-refractivity contribution in [2.45, 2.75) is 65.2 Å². The lowest BCUT2D eigenvalue weighted by Gasteiger charge is -2.34. The van der Waals surface area contributed by atoms with Crippen LogP contribution in [0.15, 0.2) is 0 Å². The Morgan fingerprint density at radius 2 is 1.27 bits per heavy atom. The third kappa shape index (κ3) is 4.23. The maximum Gasteiger partial charge on any atom is 0.320 e. The Bertz CT molecular complexity index is 347. The molecule has 0 atom stereocenters. The van der Waals surface area contributed by atoms with Gasteiger partial charge < -0.3 is 9.47 Å². The Balaban J connectivity index is 1.94. The Morgan fingerprint density at radius 1 is 0.818 bits per heavy atom. The molecule has 0 bridgehead atoms. The second kappa shape index (κ2) is 8.54. The van der Waals surface area contributed by atoms with Crippen molar-refractivity contribution in [2.75, 3.05) is 13.2 Å². The van der Waals surface area contributed by atoms with Gasteiger partial charge in [0.05, 0.1) is 13.2 Å². The molecule has 2 rings (SSSR count). The molecule has 0 amide bonds. The molecule has 0 radical (unpaired) electrons. The van der Waals surface area contributed by atoms with Gasteiger partial charge in [-0.05, 0) is 57.3 Å². The van der Waals surface area contributed by atoms with Crippen LogP contribution in [0.4, 0.5) is 0 Å². The van der Waals surface area contributed by atoms with E-state index in [4.69, 9.17) is 9.47 Å². The zero-order valence-electron chi connectivity index (χ0n) is 14.0. The molecule has 0 spiro atoms. The van der Waals surface area contributed by atoms with E-state index >= 15 is 0 Å². The summed E-state index contributed by atoms with van der Waals surface area (Å²) in [6.45, 7) is 4.17. The second-order valence-electron chi connectivity index (χ2n) is 6.70. The van der Waals surface area contributed by atoms with Crippen LogP contribution in [0, 0.1) is 23.7 Å². The summed E-state index contributed by atoms with van der Waals surface area (Å²) >= 11 is 0. The summed E-state index contributed by atoms with van der Waals surface area (Å²) in [4.78, 5) is 24.3. The van der Waals surface area contributed by atoms with Crippen molar-refractivity contribution < 1.29 is 19.1 Å². The van der Waals surface area contributed by atoms with Crippen molar-refractivity contribution >= 4 is 11.9 Å². The van der Waals surface area contributed by atoms with Crippen molar-refractivity contribution in [3.63, 3.8) is 0 Å². The Morgan fingerprint density at radius 3 is 1.73 bits per heavy atom. The minimum Gasteiger partial charge on any atom is -0.465 e. The highest BCUT2D eigenvalue weighted by molar-refractivity contribution is 5.95. The molecule has 2 aliphatic rings. The highest BCUT2D eigenvalue weighted by atomic mass is 16.6. The predicted octanol–water partition coefficient (Wildman–Crippen LogP) is 3.73. The van der Waals surface area contributed by atoms with Gasteiger partial charge in [0.15, 0.2) is 5.92 Å². The number of hydrogen-bond acceptors (Lipinski definition) is 4. The van der Waals surface area contributed by atoms with E-state index in [1.165, 1.54) is 25.7 Å². The van der Waals surface area contributed by atoms with E-state index < -0.39 is 17.9 Å². The topological polar surface area (TPSA) is 52.6 Å². The van der Waals surface area contributed by atoms with Crippen LogP contribution in [0.5, 0.6) is 0 Å². The summed E-state index contributed by atoms with van der Waals surface area (Å²) in [6.07, 6.45) is 9.67. The van der Waals surface area contributed by atoms with E-state index in [-0.39, 0.29) is 5.92 Å². The highest BCUT2D eigenvalue weighted by Crippen LogP contribution is 2.42. The second-order valence-corrected chi connectivity index (χ2v) is 6.70. The largest absolute Gasteiger partial charge is 0.465 e. The Kier molecular flexibility index (Phi) is 6.71. The van der Waals surface area contributed by atoms with Gasteiger partial charge in [-0.3, -0.25) is 9.59 Å². The number of carbonyl (C=O) groups excluding carboxylic acids is 2. The van der Waals surface area contributed by atoms with Crippen LogP contribution in [0.1, 0.15) is 65.2 Å². The maximum atomic E-state index is 12.2. The fourth-order valence-corrected chi connectivity index (χ4v) is 4.32. The van der Waals surface area contributed by atoms with Gasteiger partial charge in [-0.25, -0.2) is 0 Å². The van der Waals surface area contributed by atoms with E-state index in [9.17, 15) is 9.59 Å². The van der Waals surface area contributed by atoms with Crippen molar-refractivity contribution in [1.29, 1.82) is 0 Å².